The molecule has 0 unspecified atom stereocenters. The number of nitrogens with one attached hydrogen (secondary N) is 1. The molecule has 0 radical (unpaired) electrons. The van der Waals surface area contributed by atoms with Crippen molar-refractivity contribution in [2.45, 2.75) is 26.8 Å². The van der Waals surface area contributed by atoms with E-state index in [1.807, 2.05) is 0 Å². The first-order chi connectivity index (χ1) is 14.6. The summed E-state index contributed by atoms with van der Waals surface area (Å²) in [6, 6.07) is 5.58. The monoisotopic (exact) mass is 451 g/mol. The Morgan fingerprint density at radius 2 is 1.87 bits per heavy atom. The SMILES string of the molecule is CC(=O)c1c(N2CCCNS2(=O)=O)c2cc(C)c(F)cc2n1Cc1cc(F)ccc1F. The van der Waals surface area contributed by atoms with Crippen molar-refractivity contribution in [3.63, 3.8) is 0 Å². The van der Waals surface area contributed by atoms with Crippen molar-refractivity contribution in [1.29, 1.82) is 0 Å². The Hall–Kier alpha value is -2.85. The molecule has 1 aromatic heterocycles. The fraction of sp³-hybridized carbons (Fsp3) is 0.286. The third-order valence-corrected chi connectivity index (χ3v) is 6.86. The molecular weight excluding hydrogens is 431 g/mol. The lowest BCUT2D eigenvalue weighted by molar-refractivity contribution is 0.101. The summed E-state index contributed by atoms with van der Waals surface area (Å²) in [5.41, 5.74) is 0.519. The van der Waals surface area contributed by atoms with Crippen LogP contribution in [0.2, 0.25) is 0 Å². The topological polar surface area (TPSA) is 71.4 Å². The first-order valence-corrected chi connectivity index (χ1v) is 11.1. The maximum atomic E-state index is 14.5. The number of hydrogen-bond acceptors (Lipinski definition) is 3. The molecule has 2 aromatic carbocycles. The van der Waals surface area contributed by atoms with Gasteiger partial charge in [-0.25, -0.2) is 13.2 Å². The maximum Gasteiger partial charge on any atom is 0.301 e. The normalized spacial score (nSPS) is 16.1. The van der Waals surface area contributed by atoms with E-state index in [4.69, 9.17) is 0 Å². The largest absolute Gasteiger partial charge is 0.332 e. The molecule has 0 atom stereocenters. The highest BCUT2D eigenvalue weighted by Crippen LogP contribution is 2.38. The van der Waals surface area contributed by atoms with Crippen LogP contribution in [0, 0.1) is 24.4 Å². The minimum absolute atomic E-state index is 0.0177. The van der Waals surface area contributed by atoms with Crippen LogP contribution >= 0.6 is 0 Å². The predicted octanol–water partition coefficient (Wildman–Crippen LogP) is 3.66. The molecule has 0 aliphatic carbocycles. The van der Waals surface area contributed by atoms with Crippen molar-refractivity contribution in [3.05, 3.63) is 64.6 Å². The lowest BCUT2D eigenvalue weighted by Gasteiger charge is -2.29. The molecule has 3 aromatic rings. The van der Waals surface area contributed by atoms with E-state index in [0.717, 1.165) is 22.5 Å². The van der Waals surface area contributed by atoms with Crippen LogP contribution in [0.1, 0.15) is 35.0 Å². The Bertz CT molecular complexity index is 1320. The number of hydrogen-bond donors (Lipinski definition) is 1. The predicted molar refractivity (Wildman–Crippen MR) is 111 cm³/mol. The van der Waals surface area contributed by atoms with Crippen LogP contribution < -0.4 is 9.03 Å². The third kappa shape index (κ3) is 3.70. The van der Waals surface area contributed by atoms with Crippen LogP contribution in [0.15, 0.2) is 30.3 Å². The average molecular weight is 451 g/mol. The number of fused-ring (bicyclic) bond motifs is 1. The summed E-state index contributed by atoms with van der Waals surface area (Å²) >= 11 is 0. The standard InChI is InChI=1S/C21H20F3N3O3S/c1-12-8-16-19(10-18(12)24)26(11-14-9-15(22)4-5-17(14)23)20(13(2)28)21(16)27-7-3-6-25-31(27,29)30/h4-5,8-10,25H,3,6-7,11H2,1-2H3. The quantitative estimate of drug-likeness (QED) is 0.616. The van der Waals surface area contributed by atoms with Gasteiger partial charge in [0.25, 0.3) is 0 Å². The second-order valence-corrected chi connectivity index (χ2v) is 9.20. The molecule has 0 spiro atoms. The zero-order valence-corrected chi connectivity index (χ0v) is 17.7. The molecular formula is C21H20F3N3O3S. The van der Waals surface area contributed by atoms with Crippen LogP contribution in [-0.2, 0) is 16.8 Å². The van der Waals surface area contributed by atoms with E-state index in [1.54, 1.807) is 0 Å². The van der Waals surface area contributed by atoms with Gasteiger partial charge in [-0.2, -0.15) is 13.1 Å². The first-order valence-electron chi connectivity index (χ1n) is 9.64. The highest BCUT2D eigenvalue weighted by atomic mass is 32.2. The summed E-state index contributed by atoms with van der Waals surface area (Å²) in [7, 11) is -3.93. The second kappa shape index (κ2) is 7.69. The van der Waals surface area contributed by atoms with Gasteiger partial charge in [-0.15, -0.1) is 0 Å². The molecule has 1 N–H and O–H groups in total. The Morgan fingerprint density at radius 1 is 1.13 bits per heavy atom. The first kappa shape index (κ1) is 21.4. The van der Waals surface area contributed by atoms with Crippen LogP contribution in [-0.4, -0.2) is 31.9 Å². The van der Waals surface area contributed by atoms with Crippen molar-refractivity contribution < 1.29 is 26.4 Å². The molecule has 31 heavy (non-hydrogen) atoms. The lowest BCUT2D eigenvalue weighted by Crippen LogP contribution is -2.47. The average Bonchev–Trinajstić information content (AvgIpc) is 2.98. The van der Waals surface area contributed by atoms with E-state index in [9.17, 15) is 26.4 Å². The molecule has 164 valence electrons. The Kier molecular flexibility index (Phi) is 5.30. The number of carbonyl (C=O) groups excluding carboxylic acids is 1. The van der Waals surface area contributed by atoms with Gasteiger partial charge in [-0.05, 0) is 49.2 Å². The fourth-order valence-electron chi connectivity index (χ4n) is 3.92. The lowest BCUT2D eigenvalue weighted by atomic mass is 10.1. The number of halogens is 3. The highest BCUT2D eigenvalue weighted by Gasteiger charge is 2.33. The van der Waals surface area contributed by atoms with Gasteiger partial charge < -0.3 is 4.57 Å². The smallest absolute Gasteiger partial charge is 0.301 e. The number of Topliss-reactive ketones (excluding diaryl/α,β-unsaturated/α-hetero) is 1. The van der Waals surface area contributed by atoms with E-state index >= 15 is 0 Å². The van der Waals surface area contributed by atoms with E-state index in [2.05, 4.69) is 4.72 Å². The molecule has 1 aliphatic rings. The van der Waals surface area contributed by atoms with Crippen molar-refractivity contribution in [1.82, 2.24) is 9.29 Å². The summed E-state index contributed by atoms with van der Waals surface area (Å²) in [4.78, 5) is 12.7. The molecule has 0 bridgehead atoms. The third-order valence-electron chi connectivity index (χ3n) is 5.35. The van der Waals surface area contributed by atoms with Gasteiger partial charge in [0.15, 0.2) is 5.78 Å². The van der Waals surface area contributed by atoms with Gasteiger partial charge >= 0.3 is 10.2 Å². The van der Waals surface area contributed by atoms with Crippen molar-refractivity contribution in [2.75, 3.05) is 17.4 Å². The molecule has 0 amide bonds. The minimum atomic E-state index is -3.93. The molecule has 1 aliphatic heterocycles. The van der Waals surface area contributed by atoms with E-state index in [0.29, 0.717) is 11.8 Å². The second-order valence-electron chi connectivity index (χ2n) is 7.52. The van der Waals surface area contributed by atoms with Crippen LogP contribution in [0.5, 0.6) is 0 Å². The van der Waals surface area contributed by atoms with Gasteiger partial charge in [0.2, 0.25) is 0 Å². The maximum absolute atomic E-state index is 14.5. The number of aryl methyl sites for hydroxylation is 1. The number of aromatic nitrogens is 1. The number of anilines is 1. The number of benzene rings is 2. The zero-order chi connectivity index (χ0) is 22.5. The Labute approximate surface area is 177 Å². The molecule has 2 heterocycles. The number of rotatable bonds is 4. The van der Waals surface area contributed by atoms with Gasteiger partial charge in [0.05, 0.1) is 17.7 Å². The van der Waals surface area contributed by atoms with E-state index in [1.165, 1.54) is 30.5 Å². The molecule has 1 saturated heterocycles. The van der Waals surface area contributed by atoms with Crippen molar-refractivity contribution in [2.24, 2.45) is 0 Å². The summed E-state index contributed by atoms with van der Waals surface area (Å²) in [5, 5.41) is 0.341. The number of carbonyl (C=O) groups is 1. The van der Waals surface area contributed by atoms with Crippen LogP contribution in [0.3, 0.4) is 0 Å². The summed E-state index contributed by atoms with van der Waals surface area (Å²) < 4.78 is 72.9. The number of ketones is 1. The van der Waals surface area contributed by atoms with Gasteiger partial charge in [-0.1, -0.05) is 0 Å². The highest BCUT2D eigenvalue weighted by molar-refractivity contribution is 7.91. The van der Waals surface area contributed by atoms with Gasteiger partial charge in [0.1, 0.15) is 23.1 Å². The Balaban J connectivity index is 2.06. The Morgan fingerprint density at radius 3 is 2.55 bits per heavy atom. The van der Waals surface area contributed by atoms with Crippen molar-refractivity contribution in [3.8, 4) is 0 Å². The van der Waals surface area contributed by atoms with Crippen LogP contribution in [0.4, 0.5) is 18.9 Å². The molecule has 10 heteroatoms. The van der Waals surface area contributed by atoms with Crippen LogP contribution in [0.25, 0.3) is 10.9 Å². The molecule has 0 saturated carbocycles. The summed E-state index contributed by atoms with van der Waals surface area (Å²) in [5.74, 6) is -2.41. The molecule has 4 rings (SSSR count). The summed E-state index contributed by atoms with van der Waals surface area (Å²) in [6.07, 6.45) is 0.502. The number of nitrogens with zero attached hydrogens (tertiary/aromatic N) is 2. The summed E-state index contributed by atoms with van der Waals surface area (Å²) in [6.45, 7) is 2.88. The fourth-order valence-corrected chi connectivity index (χ4v) is 5.27. The van der Waals surface area contributed by atoms with Gasteiger partial charge in [0, 0.05) is 31.0 Å². The zero-order valence-electron chi connectivity index (χ0n) is 16.9. The van der Waals surface area contributed by atoms with E-state index in [-0.39, 0.29) is 47.7 Å². The van der Waals surface area contributed by atoms with E-state index < -0.39 is 33.4 Å². The van der Waals surface area contributed by atoms with Crippen molar-refractivity contribution >= 4 is 32.6 Å². The minimum Gasteiger partial charge on any atom is -0.332 e. The molecule has 1 fully saturated rings. The molecule has 6 nitrogen and oxygen atoms in total. The van der Waals surface area contributed by atoms with Gasteiger partial charge in [-0.3, -0.25) is 9.10 Å².